The van der Waals surface area contributed by atoms with Crippen LogP contribution in [0.15, 0.2) is 40.6 Å². The van der Waals surface area contributed by atoms with Crippen LogP contribution in [0.3, 0.4) is 0 Å². The molecule has 0 aliphatic carbocycles. The number of nitrogens with one attached hydrogen (secondary N) is 2. The molecule has 1 fully saturated rings. The van der Waals surface area contributed by atoms with Crippen molar-refractivity contribution in [3.8, 4) is 5.75 Å². The van der Waals surface area contributed by atoms with E-state index >= 15 is 0 Å². The van der Waals surface area contributed by atoms with Gasteiger partial charge in [0.1, 0.15) is 12.0 Å². The van der Waals surface area contributed by atoms with E-state index in [2.05, 4.69) is 10.6 Å². The van der Waals surface area contributed by atoms with Crippen molar-refractivity contribution in [1.29, 1.82) is 0 Å². The largest absolute Gasteiger partial charge is 0.496 e. The van der Waals surface area contributed by atoms with E-state index < -0.39 is 28.1 Å². The summed E-state index contributed by atoms with van der Waals surface area (Å²) < 4.78 is 38.4. The van der Waals surface area contributed by atoms with Crippen molar-refractivity contribution in [1.82, 2.24) is 14.9 Å². The van der Waals surface area contributed by atoms with Crippen molar-refractivity contribution in [2.45, 2.75) is 31.0 Å². The van der Waals surface area contributed by atoms with Gasteiger partial charge < -0.3 is 20.1 Å². The molecule has 1 aliphatic rings. The number of carbonyl (C=O) groups is 2. The molecule has 0 radical (unpaired) electrons. The first-order chi connectivity index (χ1) is 14.8. The average Bonchev–Trinajstić information content (AvgIpc) is 3.29. The number of ether oxygens (including phenoxy) is 2. The summed E-state index contributed by atoms with van der Waals surface area (Å²) in [5.74, 6) is -1.04. The van der Waals surface area contributed by atoms with E-state index in [4.69, 9.17) is 9.47 Å². The second kappa shape index (κ2) is 10.2. The molecule has 0 saturated carbocycles. The standard InChI is InChI=1S/C20H25N3O6S2/c1-14-11-16(6-7-17(14)28-2)31(26,27)23-8-4-9-29-18(23)13-22-20(25)19(24)21-12-15-5-3-10-30-15/h3,5-7,10-11,18H,4,8-9,12-13H2,1-2H3,(H,21,24)(H,22,25)/t18-/m0/s1. The van der Waals surface area contributed by atoms with E-state index in [0.29, 0.717) is 24.3 Å². The van der Waals surface area contributed by atoms with Crippen LogP contribution in [0.1, 0.15) is 16.9 Å². The van der Waals surface area contributed by atoms with Crippen molar-refractivity contribution < 1.29 is 27.5 Å². The lowest BCUT2D eigenvalue weighted by atomic mass is 10.2. The van der Waals surface area contributed by atoms with Gasteiger partial charge in [-0.1, -0.05) is 6.07 Å². The number of nitrogens with zero attached hydrogens (tertiary/aromatic N) is 1. The minimum atomic E-state index is -3.86. The van der Waals surface area contributed by atoms with Gasteiger partial charge in [0.2, 0.25) is 10.0 Å². The Labute approximate surface area is 185 Å². The van der Waals surface area contributed by atoms with Crippen LogP contribution in [0.2, 0.25) is 0 Å². The number of rotatable bonds is 7. The smallest absolute Gasteiger partial charge is 0.309 e. The second-order valence-electron chi connectivity index (χ2n) is 6.90. The summed E-state index contributed by atoms with van der Waals surface area (Å²) in [4.78, 5) is 25.2. The Morgan fingerprint density at radius 2 is 2.03 bits per heavy atom. The quantitative estimate of drug-likeness (QED) is 0.592. The number of amides is 2. The van der Waals surface area contributed by atoms with Gasteiger partial charge >= 0.3 is 11.8 Å². The predicted octanol–water partition coefficient (Wildman–Crippen LogP) is 1.23. The fourth-order valence-corrected chi connectivity index (χ4v) is 5.47. The highest BCUT2D eigenvalue weighted by Crippen LogP contribution is 2.26. The van der Waals surface area contributed by atoms with Crippen LogP contribution in [0.25, 0.3) is 0 Å². The summed E-state index contributed by atoms with van der Waals surface area (Å²) in [6, 6.07) is 8.32. The molecule has 0 spiro atoms. The number of carbonyl (C=O) groups excluding carboxylic acids is 2. The lowest BCUT2D eigenvalue weighted by Gasteiger charge is -2.34. The summed E-state index contributed by atoms with van der Waals surface area (Å²) in [5, 5.41) is 6.87. The number of thiophene rings is 1. The van der Waals surface area contributed by atoms with Crippen molar-refractivity contribution >= 4 is 33.2 Å². The van der Waals surface area contributed by atoms with E-state index in [0.717, 1.165) is 4.88 Å². The molecule has 1 aromatic heterocycles. The number of benzene rings is 1. The molecule has 9 nitrogen and oxygen atoms in total. The van der Waals surface area contributed by atoms with Crippen molar-refractivity contribution in [2.75, 3.05) is 26.8 Å². The lowest BCUT2D eigenvalue weighted by molar-refractivity contribution is -0.140. The van der Waals surface area contributed by atoms with E-state index in [1.54, 1.807) is 13.0 Å². The molecule has 2 amide bonds. The highest BCUT2D eigenvalue weighted by molar-refractivity contribution is 7.89. The summed E-state index contributed by atoms with van der Waals surface area (Å²) in [7, 11) is -2.35. The highest BCUT2D eigenvalue weighted by atomic mass is 32.2. The molecule has 168 valence electrons. The molecule has 1 aliphatic heterocycles. The van der Waals surface area contributed by atoms with Crippen LogP contribution in [-0.4, -0.2) is 57.6 Å². The van der Waals surface area contributed by atoms with Crippen molar-refractivity contribution in [3.63, 3.8) is 0 Å². The summed E-state index contributed by atoms with van der Waals surface area (Å²) in [6.45, 7) is 2.48. The predicted molar refractivity (Wildman–Crippen MR) is 115 cm³/mol. The van der Waals surface area contributed by atoms with Gasteiger partial charge in [-0.15, -0.1) is 11.3 Å². The third-order valence-corrected chi connectivity index (χ3v) is 7.54. The average molecular weight is 468 g/mol. The molecular formula is C20H25N3O6S2. The topological polar surface area (TPSA) is 114 Å². The van der Waals surface area contributed by atoms with E-state index in [1.165, 1.54) is 34.9 Å². The molecule has 11 heteroatoms. The van der Waals surface area contributed by atoms with Crippen molar-refractivity contribution in [2.24, 2.45) is 0 Å². The maximum absolute atomic E-state index is 13.2. The fraction of sp³-hybridized carbons (Fsp3) is 0.400. The molecular weight excluding hydrogens is 442 g/mol. The van der Waals surface area contributed by atoms with E-state index in [9.17, 15) is 18.0 Å². The SMILES string of the molecule is COc1ccc(S(=O)(=O)N2CCCO[C@H]2CNC(=O)C(=O)NCc2cccs2)cc1C. The van der Waals surface area contributed by atoms with Gasteiger partial charge in [0.25, 0.3) is 0 Å². The third kappa shape index (κ3) is 5.62. The molecule has 2 heterocycles. The van der Waals surface area contributed by atoms with Crippen LogP contribution in [0, 0.1) is 6.92 Å². The van der Waals surface area contributed by atoms with Gasteiger partial charge in [0.15, 0.2) is 0 Å². The number of aryl methyl sites for hydroxylation is 1. The normalized spacial score (nSPS) is 17.2. The highest BCUT2D eigenvalue weighted by Gasteiger charge is 2.35. The first kappa shape index (κ1) is 23.2. The van der Waals surface area contributed by atoms with Gasteiger partial charge in [0, 0.05) is 11.4 Å². The molecule has 0 unspecified atom stereocenters. The third-order valence-electron chi connectivity index (χ3n) is 4.77. The Bertz CT molecular complexity index is 1020. The summed E-state index contributed by atoms with van der Waals surface area (Å²) in [5.41, 5.74) is 0.689. The molecule has 31 heavy (non-hydrogen) atoms. The van der Waals surface area contributed by atoms with Gasteiger partial charge in [-0.3, -0.25) is 9.59 Å². The van der Waals surface area contributed by atoms with Gasteiger partial charge in [-0.2, -0.15) is 4.31 Å². The van der Waals surface area contributed by atoms with Gasteiger partial charge in [-0.05, 0) is 48.6 Å². The maximum atomic E-state index is 13.2. The zero-order valence-electron chi connectivity index (χ0n) is 17.3. The molecule has 2 aromatic rings. The second-order valence-corrected chi connectivity index (χ2v) is 9.82. The molecule has 1 atom stereocenters. The Hall–Kier alpha value is -2.47. The van der Waals surface area contributed by atoms with Crippen LogP contribution >= 0.6 is 11.3 Å². The molecule has 1 saturated heterocycles. The maximum Gasteiger partial charge on any atom is 0.309 e. The Morgan fingerprint density at radius 1 is 1.26 bits per heavy atom. The first-order valence-electron chi connectivity index (χ1n) is 9.69. The Morgan fingerprint density at radius 3 is 2.71 bits per heavy atom. The minimum Gasteiger partial charge on any atom is -0.496 e. The number of hydrogen-bond acceptors (Lipinski definition) is 7. The van der Waals surface area contributed by atoms with Crippen LogP contribution in [0.5, 0.6) is 5.75 Å². The minimum absolute atomic E-state index is 0.112. The molecule has 3 rings (SSSR count). The Kier molecular flexibility index (Phi) is 7.65. The lowest BCUT2D eigenvalue weighted by Crippen LogP contribution is -2.53. The van der Waals surface area contributed by atoms with E-state index in [-0.39, 0.29) is 24.5 Å². The van der Waals surface area contributed by atoms with Gasteiger partial charge in [-0.25, -0.2) is 8.42 Å². The summed E-state index contributed by atoms with van der Waals surface area (Å²) >= 11 is 1.47. The number of hydrogen-bond donors (Lipinski definition) is 2. The molecule has 0 bridgehead atoms. The Balaban J connectivity index is 1.64. The first-order valence-corrected chi connectivity index (χ1v) is 12.0. The fourth-order valence-electron chi connectivity index (χ4n) is 3.17. The zero-order valence-corrected chi connectivity index (χ0v) is 18.9. The number of methoxy groups -OCH3 is 1. The number of sulfonamides is 1. The zero-order chi connectivity index (χ0) is 22.4. The van der Waals surface area contributed by atoms with Crippen LogP contribution in [-0.2, 0) is 30.9 Å². The van der Waals surface area contributed by atoms with Crippen LogP contribution < -0.4 is 15.4 Å². The molecule has 2 N–H and O–H groups in total. The monoisotopic (exact) mass is 467 g/mol. The van der Waals surface area contributed by atoms with Crippen molar-refractivity contribution in [3.05, 3.63) is 46.2 Å². The van der Waals surface area contributed by atoms with Crippen LogP contribution in [0.4, 0.5) is 0 Å². The summed E-state index contributed by atoms with van der Waals surface area (Å²) in [6.07, 6.45) is -0.379. The molecule has 1 aromatic carbocycles. The van der Waals surface area contributed by atoms with Gasteiger partial charge in [0.05, 0.1) is 31.7 Å². The van der Waals surface area contributed by atoms with E-state index in [1.807, 2.05) is 17.5 Å².